The van der Waals surface area contributed by atoms with Crippen LogP contribution in [0.25, 0.3) is 10.9 Å². The molecule has 0 spiro atoms. The summed E-state index contributed by atoms with van der Waals surface area (Å²) in [6.45, 7) is 13.1. The van der Waals surface area contributed by atoms with Crippen LogP contribution in [0.2, 0.25) is 0 Å². The van der Waals surface area contributed by atoms with Crippen molar-refractivity contribution < 1.29 is 17.7 Å². The molecule has 7 nitrogen and oxygen atoms in total. The zero-order valence-corrected chi connectivity index (χ0v) is 19.6. The van der Waals surface area contributed by atoms with Crippen LogP contribution in [0, 0.1) is 0 Å². The van der Waals surface area contributed by atoms with Crippen LogP contribution in [0.4, 0.5) is 0 Å². The molecule has 3 rings (SSSR count). The third-order valence-corrected chi connectivity index (χ3v) is 7.62. The van der Waals surface area contributed by atoms with E-state index in [1.54, 1.807) is 31.5 Å². The van der Waals surface area contributed by atoms with Crippen LogP contribution >= 0.6 is 0 Å². The molecule has 0 saturated carbocycles. The van der Waals surface area contributed by atoms with Gasteiger partial charge in [-0.05, 0) is 60.6 Å². The SMILES string of the molecule is CC(C)=C/C=C(\C)S(=O)(=O)n1ccc2c(B3OC(C)(C)C(C)(C)O3)cn(C)c(=O)c21. The van der Waals surface area contributed by atoms with Crippen LogP contribution in [0.3, 0.4) is 0 Å². The average Bonchev–Trinajstić information content (AvgIpc) is 3.15. The molecule has 9 heteroatoms. The van der Waals surface area contributed by atoms with Gasteiger partial charge in [0.25, 0.3) is 15.6 Å². The molecule has 0 aromatic carbocycles. The number of aryl methyl sites for hydroxylation is 1. The van der Waals surface area contributed by atoms with E-state index in [2.05, 4.69) is 0 Å². The van der Waals surface area contributed by atoms with E-state index in [1.165, 1.54) is 17.7 Å². The molecule has 0 radical (unpaired) electrons. The van der Waals surface area contributed by atoms with E-state index in [0.717, 1.165) is 9.55 Å². The smallest absolute Gasteiger partial charge is 0.399 e. The Morgan fingerprint density at radius 3 is 2.17 bits per heavy atom. The largest absolute Gasteiger partial charge is 0.497 e. The van der Waals surface area contributed by atoms with E-state index in [9.17, 15) is 13.2 Å². The Morgan fingerprint density at radius 1 is 1.07 bits per heavy atom. The fraction of sp³-hybridized carbons (Fsp3) is 0.476. The number of allylic oxidation sites excluding steroid dienone is 4. The summed E-state index contributed by atoms with van der Waals surface area (Å²) in [5.74, 6) is 0. The molecule has 2 aromatic heterocycles. The molecule has 0 N–H and O–H groups in total. The van der Waals surface area contributed by atoms with Gasteiger partial charge < -0.3 is 13.9 Å². The molecule has 1 aliphatic rings. The van der Waals surface area contributed by atoms with Crippen molar-refractivity contribution in [1.29, 1.82) is 0 Å². The number of fused-ring (bicyclic) bond motifs is 1. The maximum Gasteiger partial charge on any atom is 0.497 e. The molecule has 1 aliphatic heterocycles. The van der Waals surface area contributed by atoms with Gasteiger partial charge in [-0.25, -0.2) is 12.4 Å². The second-order valence-electron chi connectivity index (χ2n) is 8.99. The van der Waals surface area contributed by atoms with Gasteiger partial charge in [0.15, 0.2) is 0 Å². The molecule has 0 atom stereocenters. The van der Waals surface area contributed by atoms with Gasteiger partial charge in [-0.2, -0.15) is 0 Å². The number of pyridine rings is 1. The van der Waals surface area contributed by atoms with E-state index >= 15 is 0 Å². The highest BCUT2D eigenvalue weighted by molar-refractivity contribution is 7.93. The minimum absolute atomic E-state index is 0.0784. The van der Waals surface area contributed by atoms with Crippen molar-refractivity contribution >= 4 is 33.5 Å². The highest BCUT2D eigenvalue weighted by atomic mass is 32.2. The normalized spacial score (nSPS) is 18.8. The lowest BCUT2D eigenvalue weighted by Gasteiger charge is -2.32. The molecule has 0 bridgehead atoms. The highest BCUT2D eigenvalue weighted by Gasteiger charge is 2.52. The maximum absolute atomic E-state index is 13.2. The van der Waals surface area contributed by atoms with Crippen molar-refractivity contribution in [2.45, 2.75) is 59.7 Å². The first kappa shape index (κ1) is 22.6. The molecule has 3 heterocycles. The average molecular weight is 432 g/mol. The molecule has 162 valence electrons. The molecule has 1 saturated heterocycles. The Bertz CT molecular complexity index is 1210. The van der Waals surface area contributed by atoms with Crippen molar-refractivity contribution in [3.05, 3.63) is 51.4 Å². The summed E-state index contributed by atoms with van der Waals surface area (Å²) in [5, 5.41) is 0.496. The predicted octanol–water partition coefficient (Wildman–Crippen LogP) is 2.69. The molecule has 2 aromatic rings. The zero-order chi connectivity index (χ0) is 22.6. The van der Waals surface area contributed by atoms with Crippen molar-refractivity contribution in [1.82, 2.24) is 8.54 Å². The Balaban J connectivity index is 2.23. The maximum atomic E-state index is 13.2. The van der Waals surface area contributed by atoms with Gasteiger partial charge in [0, 0.05) is 30.3 Å². The Kier molecular flexibility index (Phi) is 5.46. The van der Waals surface area contributed by atoms with Crippen LogP contribution in [0.1, 0.15) is 48.5 Å². The lowest BCUT2D eigenvalue weighted by Crippen LogP contribution is -2.41. The number of hydrogen-bond acceptors (Lipinski definition) is 5. The molecule has 30 heavy (non-hydrogen) atoms. The van der Waals surface area contributed by atoms with Crippen LogP contribution < -0.4 is 11.0 Å². The van der Waals surface area contributed by atoms with Crippen molar-refractivity contribution in [2.24, 2.45) is 7.05 Å². The standard InChI is InChI=1S/C21H29BN2O5S/c1-14(2)9-10-15(3)30(26,27)24-12-11-16-17(13-23(8)19(25)18(16)24)22-28-20(4,5)21(6,7)29-22/h9-13H,1-8H3/b15-10+. The van der Waals surface area contributed by atoms with E-state index in [0.29, 0.717) is 10.8 Å². The van der Waals surface area contributed by atoms with Crippen LogP contribution in [-0.2, 0) is 26.4 Å². The minimum Gasteiger partial charge on any atom is -0.399 e. The highest BCUT2D eigenvalue weighted by Crippen LogP contribution is 2.37. The lowest BCUT2D eigenvalue weighted by molar-refractivity contribution is 0.00578. The molecule has 0 amide bonds. The monoisotopic (exact) mass is 432 g/mol. The van der Waals surface area contributed by atoms with Crippen LogP contribution in [-0.4, -0.2) is 35.3 Å². The molecule has 0 unspecified atom stereocenters. The van der Waals surface area contributed by atoms with E-state index in [1.807, 2.05) is 41.5 Å². The van der Waals surface area contributed by atoms with E-state index in [4.69, 9.17) is 9.31 Å². The summed E-state index contributed by atoms with van der Waals surface area (Å²) in [6, 6.07) is 1.63. The van der Waals surface area contributed by atoms with Crippen molar-refractivity contribution in [2.75, 3.05) is 0 Å². The van der Waals surface area contributed by atoms with Gasteiger partial charge in [-0.1, -0.05) is 11.6 Å². The fourth-order valence-corrected chi connectivity index (χ4v) is 4.43. The molecule has 0 aliphatic carbocycles. The number of hydrogen-bond donors (Lipinski definition) is 0. The molecule has 1 fully saturated rings. The van der Waals surface area contributed by atoms with Crippen LogP contribution in [0.5, 0.6) is 0 Å². The summed E-state index contributed by atoms with van der Waals surface area (Å²) < 4.78 is 41.1. The summed E-state index contributed by atoms with van der Waals surface area (Å²) in [5.41, 5.74) is 0.142. The molecular formula is C21H29BN2O5S. The quantitative estimate of drug-likeness (QED) is 0.548. The first-order valence-corrected chi connectivity index (χ1v) is 11.3. The minimum atomic E-state index is -3.90. The van der Waals surface area contributed by atoms with E-state index < -0.39 is 33.9 Å². The summed E-state index contributed by atoms with van der Waals surface area (Å²) in [6.07, 6.45) is 6.33. The predicted molar refractivity (Wildman–Crippen MR) is 120 cm³/mol. The van der Waals surface area contributed by atoms with Gasteiger partial charge in [0.2, 0.25) is 0 Å². The third-order valence-electron chi connectivity index (χ3n) is 5.84. The third kappa shape index (κ3) is 3.59. The van der Waals surface area contributed by atoms with Crippen molar-refractivity contribution in [3.63, 3.8) is 0 Å². The van der Waals surface area contributed by atoms with Gasteiger partial charge in [0.05, 0.1) is 16.1 Å². The van der Waals surface area contributed by atoms with Crippen LogP contribution in [0.15, 0.2) is 45.9 Å². The first-order chi connectivity index (χ1) is 13.7. The zero-order valence-electron chi connectivity index (χ0n) is 18.8. The Morgan fingerprint density at radius 2 is 1.63 bits per heavy atom. The second-order valence-corrected chi connectivity index (χ2v) is 11.0. The summed E-state index contributed by atoms with van der Waals surface area (Å²) in [7, 11) is -3.03. The number of nitrogens with zero attached hydrogens (tertiary/aromatic N) is 2. The van der Waals surface area contributed by atoms with Gasteiger partial charge in [0.1, 0.15) is 5.52 Å². The fourth-order valence-electron chi connectivity index (χ4n) is 3.24. The number of aromatic nitrogens is 2. The summed E-state index contributed by atoms with van der Waals surface area (Å²) >= 11 is 0. The van der Waals surface area contributed by atoms with Crippen molar-refractivity contribution in [3.8, 4) is 0 Å². The topological polar surface area (TPSA) is 79.5 Å². The Hall–Kier alpha value is -2.10. The van der Waals surface area contributed by atoms with E-state index in [-0.39, 0.29) is 10.4 Å². The first-order valence-electron chi connectivity index (χ1n) is 9.82. The number of rotatable bonds is 4. The van der Waals surface area contributed by atoms with Gasteiger partial charge in [-0.3, -0.25) is 4.79 Å². The van der Waals surface area contributed by atoms with Gasteiger partial charge in [-0.15, -0.1) is 0 Å². The molecular weight excluding hydrogens is 403 g/mol. The summed E-state index contributed by atoms with van der Waals surface area (Å²) in [4.78, 5) is 13.1. The second kappa shape index (κ2) is 7.25. The van der Waals surface area contributed by atoms with Gasteiger partial charge >= 0.3 is 7.12 Å². The lowest BCUT2D eigenvalue weighted by atomic mass is 9.78. The Labute approximate surface area is 178 Å².